The highest BCUT2D eigenvalue weighted by Gasteiger charge is 2.42. The van der Waals surface area contributed by atoms with Crippen LogP contribution in [-0.2, 0) is 4.79 Å². The van der Waals surface area contributed by atoms with E-state index in [0.717, 1.165) is 88.2 Å². The molecule has 33 heavy (non-hydrogen) atoms. The molecule has 0 bridgehead atoms. The monoisotopic (exact) mass is 453 g/mol. The molecule has 0 spiro atoms. The molecule has 0 aliphatic carbocycles. The number of rotatable bonds is 7. The molecule has 3 aliphatic rings. The van der Waals surface area contributed by atoms with Gasteiger partial charge >= 0.3 is 0 Å². The molecular weight excluding hydrogens is 420 g/mol. The first-order chi connectivity index (χ1) is 16.1. The molecule has 2 aromatic carbocycles. The highest BCUT2D eigenvalue weighted by Crippen LogP contribution is 2.48. The van der Waals surface area contributed by atoms with Crippen molar-refractivity contribution in [2.24, 2.45) is 0 Å². The lowest BCUT2D eigenvalue weighted by Crippen LogP contribution is -2.45. The lowest BCUT2D eigenvalue weighted by molar-refractivity contribution is -0.133. The SMILES string of the molecule is O=C1CCCCN1CCCCCN1CCC2C(C1)c1cc(F)ccc1N2c1ccc(F)cc1. The molecule has 0 saturated carbocycles. The number of fused-ring (bicyclic) bond motifs is 3. The van der Waals surface area contributed by atoms with Crippen LogP contribution in [0.5, 0.6) is 0 Å². The fourth-order valence-corrected chi connectivity index (χ4v) is 5.89. The van der Waals surface area contributed by atoms with E-state index in [9.17, 15) is 13.6 Å². The second kappa shape index (κ2) is 9.80. The Morgan fingerprint density at radius 1 is 0.879 bits per heavy atom. The van der Waals surface area contributed by atoms with E-state index in [4.69, 9.17) is 0 Å². The topological polar surface area (TPSA) is 26.8 Å². The number of halogens is 2. The summed E-state index contributed by atoms with van der Waals surface area (Å²) in [5, 5.41) is 0. The van der Waals surface area contributed by atoms with Crippen molar-refractivity contribution in [3.05, 3.63) is 59.7 Å². The van der Waals surface area contributed by atoms with Gasteiger partial charge in [-0.25, -0.2) is 8.78 Å². The summed E-state index contributed by atoms with van der Waals surface area (Å²) in [6, 6.07) is 12.0. The van der Waals surface area contributed by atoms with Gasteiger partial charge in [-0.3, -0.25) is 4.79 Å². The Balaban J connectivity index is 1.19. The van der Waals surface area contributed by atoms with Crippen LogP contribution in [-0.4, -0.2) is 54.5 Å². The molecule has 2 unspecified atom stereocenters. The van der Waals surface area contributed by atoms with Crippen molar-refractivity contribution in [1.82, 2.24) is 9.80 Å². The fraction of sp³-hybridized carbons (Fsp3) is 0.519. The number of amides is 1. The molecule has 5 rings (SSSR count). The molecule has 0 radical (unpaired) electrons. The Labute approximate surface area is 195 Å². The van der Waals surface area contributed by atoms with Gasteiger partial charge in [-0.1, -0.05) is 6.42 Å². The number of piperidine rings is 2. The maximum absolute atomic E-state index is 14.2. The molecule has 4 nitrogen and oxygen atoms in total. The standard InChI is InChI=1S/C27H33F2N3O/c28-20-7-10-22(11-8-20)32-25-12-9-21(29)18-23(25)24-19-30(17-13-26(24)32)14-3-1-4-15-31-16-5-2-6-27(31)33/h7-12,18,24,26H,1-6,13-17,19H2. The summed E-state index contributed by atoms with van der Waals surface area (Å²) in [6.45, 7) is 4.79. The van der Waals surface area contributed by atoms with Gasteiger partial charge in [0.1, 0.15) is 11.6 Å². The van der Waals surface area contributed by atoms with Crippen molar-refractivity contribution in [1.29, 1.82) is 0 Å². The predicted molar refractivity (Wildman–Crippen MR) is 127 cm³/mol. The van der Waals surface area contributed by atoms with E-state index in [1.165, 1.54) is 18.2 Å². The predicted octanol–water partition coefficient (Wildman–Crippen LogP) is 5.46. The average Bonchev–Trinajstić information content (AvgIpc) is 3.13. The van der Waals surface area contributed by atoms with E-state index < -0.39 is 0 Å². The summed E-state index contributed by atoms with van der Waals surface area (Å²) < 4.78 is 27.7. The van der Waals surface area contributed by atoms with Gasteiger partial charge in [-0.05, 0) is 86.7 Å². The first-order valence-corrected chi connectivity index (χ1v) is 12.4. The minimum Gasteiger partial charge on any atom is -0.343 e. The van der Waals surface area contributed by atoms with Gasteiger partial charge in [-0.2, -0.15) is 0 Å². The highest BCUT2D eigenvalue weighted by molar-refractivity contribution is 5.76. The first-order valence-electron chi connectivity index (χ1n) is 12.4. The van der Waals surface area contributed by atoms with Gasteiger partial charge in [0, 0.05) is 55.9 Å². The number of unbranched alkanes of at least 4 members (excludes halogenated alkanes) is 2. The molecule has 176 valence electrons. The number of carbonyl (C=O) groups excluding carboxylic acids is 1. The van der Waals surface area contributed by atoms with E-state index in [0.29, 0.717) is 12.3 Å². The van der Waals surface area contributed by atoms with Crippen LogP contribution in [0.3, 0.4) is 0 Å². The van der Waals surface area contributed by atoms with E-state index >= 15 is 0 Å². The third-order valence-electron chi connectivity index (χ3n) is 7.57. The van der Waals surface area contributed by atoms with Crippen molar-refractivity contribution < 1.29 is 13.6 Å². The summed E-state index contributed by atoms with van der Waals surface area (Å²) >= 11 is 0. The molecule has 0 aromatic heterocycles. The van der Waals surface area contributed by atoms with Gasteiger partial charge in [0.15, 0.2) is 0 Å². The fourth-order valence-electron chi connectivity index (χ4n) is 5.89. The average molecular weight is 454 g/mol. The Morgan fingerprint density at radius 3 is 2.48 bits per heavy atom. The minimum atomic E-state index is -0.242. The maximum Gasteiger partial charge on any atom is 0.222 e. The van der Waals surface area contributed by atoms with Crippen LogP contribution < -0.4 is 4.90 Å². The lowest BCUT2D eigenvalue weighted by Gasteiger charge is -2.39. The molecule has 6 heteroatoms. The van der Waals surface area contributed by atoms with Gasteiger partial charge in [0.25, 0.3) is 0 Å². The van der Waals surface area contributed by atoms with E-state index in [1.807, 2.05) is 23.1 Å². The third-order valence-corrected chi connectivity index (χ3v) is 7.57. The molecule has 1 amide bonds. The maximum atomic E-state index is 14.2. The van der Waals surface area contributed by atoms with Crippen LogP contribution in [0.15, 0.2) is 42.5 Å². The van der Waals surface area contributed by atoms with Gasteiger partial charge in [-0.15, -0.1) is 0 Å². The number of nitrogens with zero attached hydrogens (tertiary/aromatic N) is 3. The highest BCUT2D eigenvalue weighted by atomic mass is 19.1. The van der Waals surface area contributed by atoms with Crippen molar-refractivity contribution in [3.8, 4) is 0 Å². The van der Waals surface area contributed by atoms with Crippen LogP contribution in [0, 0.1) is 11.6 Å². The molecule has 2 fully saturated rings. The van der Waals surface area contributed by atoms with Crippen LogP contribution in [0.25, 0.3) is 0 Å². The Hall–Kier alpha value is -2.47. The summed E-state index contributed by atoms with van der Waals surface area (Å²) in [6.07, 6.45) is 7.21. The lowest BCUT2D eigenvalue weighted by atomic mass is 9.89. The summed E-state index contributed by atoms with van der Waals surface area (Å²) in [5.74, 6) is 0.132. The van der Waals surface area contributed by atoms with Crippen LogP contribution in [0.4, 0.5) is 20.2 Å². The summed E-state index contributed by atoms with van der Waals surface area (Å²) in [4.78, 5) is 18.8. The molecule has 3 aliphatic heterocycles. The van der Waals surface area contributed by atoms with Gasteiger partial charge in [0.05, 0.1) is 0 Å². The summed E-state index contributed by atoms with van der Waals surface area (Å²) in [7, 11) is 0. The van der Waals surface area contributed by atoms with Crippen molar-refractivity contribution >= 4 is 17.3 Å². The van der Waals surface area contributed by atoms with Crippen LogP contribution in [0.2, 0.25) is 0 Å². The van der Waals surface area contributed by atoms with Crippen molar-refractivity contribution in [2.75, 3.05) is 37.6 Å². The van der Waals surface area contributed by atoms with E-state index in [1.54, 1.807) is 6.07 Å². The van der Waals surface area contributed by atoms with Gasteiger partial charge in [0.2, 0.25) is 5.91 Å². The number of likely N-dealkylation sites (tertiary alicyclic amines) is 2. The van der Waals surface area contributed by atoms with Crippen LogP contribution >= 0.6 is 0 Å². The van der Waals surface area contributed by atoms with E-state index in [-0.39, 0.29) is 23.6 Å². The Kier molecular flexibility index (Phi) is 6.63. The molecule has 2 aromatic rings. The smallest absolute Gasteiger partial charge is 0.222 e. The molecule has 0 N–H and O–H groups in total. The number of carbonyl (C=O) groups is 1. The zero-order chi connectivity index (χ0) is 22.8. The quantitative estimate of drug-likeness (QED) is 0.521. The number of benzene rings is 2. The minimum absolute atomic E-state index is 0.196. The third kappa shape index (κ3) is 4.77. The first kappa shape index (κ1) is 22.3. The number of anilines is 2. The second-order valence-corrected chi connectivity index (χ2v) is 9.71. The van der Waals surface area contributed by atoms with Crippen molar-refractivity contribution in [3.63, 3.8) is 0 Å². The summed E-state index contributed by atoms with van der Waals surface area (Å²) in [5.41, 5.74) is 3.08. The Morgan fingerprint density at radius 2 is 1.67 bits per heavy atom. The molecular formula is C27H33F2N3O. The van der Waals surface area contributed by atoms with Crippen LogP contribution in [0.1, 0.15) is 56.4 Å². The normalized spacial score (nSPS) is 23.0. The number of hydrogen-bond donors (Lipinski definition) is 0. The van der Waals surface area contributed by atoms with Gasteiger partial charge < -0.3 is 14.7 Å². The zero-order valence-electron chi connectivity index (χ0n) is 19.2. The number of hydrogen-bond acceptors (Lipinski definition) is 3. The Bertz CT molecular complexity index is 980. The largest absolute Gasteiger partial charge is 0.343 e. The van der Waals surface area contributed by atoms with Crippen molar-refractivity contribution in [2.45, 2.75) is 56.9 Å². The molecule has 3 heterocycles. The zero-order valence-corrected chi connectivity index (χ0v) is 19.2. The second-order valence-electron chi connectivity index (χ2n) is 9.71. The molecule has 2 atom stereocenters. The van der Waals surface area contributed by atoms with E-state index in [2.05, 4.69) is 9.80 Å². The molecule has 2 saturated heterocycles.